The molecule has 8 nitrogen and oxygen atoms in total. The number of anilines is 1. The van der Waals surface area contributed by atoms with Crippen molar-refractivity contribution in [3.05, 3.63) is 28.2 Å². The largest absolute Gasteiger partial charge is 0.378 e. The zero-order chi connectivity index (χ0) is 22.8. The second-order valence-electron chi connectivity index (χ2n) is 8.07. The molecule has 0 radical (unpaired) electrons. The van der Waals surface area contributed by atoms with Crippen LogP contribution in [0.15, 0.2) is 23.3 Å². The molecule has 178 valence electrons. The molecule has 1 aromatic rings. The Morgan fingerprint density at radius 2 is 1.84 bits per heavy atom. The first-order valence-electron chi connectivity index (χ1n) is 11.2. The Morgan fingerprint density at radius 3 is 2.56 bits per heavy atom. The van der Waals surface area contributed by atoms with Gasteiger partial charge in [0.1, 0.15) is 5.84 Å². The summed E-state index contributed by atoms with van der Waals surface area (Å²) in [5.41, 5.74) is 6.24. The van der Waals surface area contributed by atoms with Crippen molar-refractivity contribution in [3.8, 4) is 0 Å². The minimum Gasteiger partial charge on any atom is -0.378 e. The molecule has 32 heavy (non-hydrogen) atoms. The normalized spacial score (nSPS) is 17.6. The Morgan fingerprint density at radius 1 is 1.09 bits per heavy atom. The number of amides is 1. The van der Waals surface area contributed by atoms with Gasteiger partial charge in [0, 0.05) is 32.5 Å². The molecular weight excluding hydrogens is 453 g/mol. The van der Waals surface area contributed by atoms with Crippen LogP contribution in [0.2, 0.25) is 10.0 Å². The number of hydrazone groups is 1. The topological polar surface area (TPSA) is 92.4 Å². The Kier molecular flexibility index (Phi) is 10.5. The van der Waals surface area contributed by atoms with E-state index in [4.69, 9.17) is 38.4 Å². The molecule has 0 aromatic heterocycles. The van der Waals surface area contributed by atoms with Gasteiger partial charge in [0.2, 0.25) is 5.91 Å². The number of amidine groups is 1. The highest BCUT2D eigenvalue weighted by Gasteiger charge is 2.23. The van der Waals surface area contributed by atoms with E-state index in [1.54, 1.807) is 12.1 Å². The second-order valence-corrected chi connectivity index (χ2v) is 8.88. The van der Waals surface area contributed by atoms with Crippen molar-refractivity contribution in [3.63, 3.8) is 0 Å². The van der Waals surface area contributed by atoms with E-state index in [1.165, 1.54) is 0 Å². The molecule has 3 rings (SSSR count). The number of halogens is 2. The van der Waals surface area contributed by atoms with Gasteiger partial charge < -0.3 is 25.4 Å². The first-order chi connectivity index (χ1) is 15.5. The van der Waals surface area contributed by atoms with Crippen molar-refractivity contribution in [1.82, 2.24) is 10.2 Å². The van der Waals surface area contributed by atoms with Crippen LogP contribution in [0.25, 0.3) is 0 Å². The highest BCUT2D eigenvalue weighted by atomic mass is 35.5. The first-order valence-corrected chi connectivity index (χ1v) is 12.0. The summed E-state index contributed by atoms with van der Waals surface area (Å²) in [4.78, 5) is 14.9. The lowest BCUT2D eigenvalue weighted by Crippen LogP contribution is -2.38. The average Bonchev–Trinajstić information content (AvgIpc) is 3.24. The van der Waals surface area contributed by atoms with Gasteiger partial charge in [0.05, 0.1) is 42.2 Å². The first kappa shape index (κ1) is 25.2. The summed E-state index contributed by atoms with van der Waals surface area (Å²) in [7, 11) is 0. The van der Waals surface area contributed by atoms with Crippen LogP contribution >= 0.6 is 23.2 Å². The van der Waals surface area contributed by atoms with E-state index >= 15 is 0 Å². The van der Waals surface area contributed by atoms with E-state index in [0.29, 0.717) is 74.2 Å². The number of rotatable bonds is 11. The molecule has 0 saturated carbocycles. The monoisotopic (exact) mass is 485 g/mol. The molecule has 0 bridgehead atoms. The fraction of sp³-hybridized carbons (Fsp3) is 0.636. The molecule has 2 aliphatic heterocycles. The predicted molar refractivity (Wildman–Crippen MR) is 128 cm³/mol. The smallest absolute Gasteiger partial charge is 0.225 e. The van der Waals surface area contributed by atoms with Gasteiger partial charge in [-0.3, -0.25) is 9.80 Å². The zero-order valence-corrected chi connectivity index (χ0v) is 19.9. The van der Waals surface area contributed by atoms with E-state index in [1.807, 2.05) is 11.1 Å². The summed E-state index contributed by atoms with van der Waals surface area (Å²) in [5.74, 6) is 1.15. The molecule has 2 aliphatic rings. The van der Waals surface area contributed by atoms with Gasteiger partial charge in [-0.05, 0) is 50.0 Å². The number of hydrogen-bond donors (Lipinski definition) is 2. The fourth-order valence-corrected chi connectivity index (χ4v) is 4.16. The number of carbonyl (C=O) groups is 1. The third-order valence-corrected chi connectivity index (χ3v) is 6.39. The molecule has 0 unspecified atom stereocenters. The van der Waals surface area contributed by atoms with Crippen molar-refractivity contribution in [2.75, 3.05) is 64.2 Å². The Balaban J connectivity index is 1.31. The standard InChI is InChI=1S/C22H33Cl2N5O3/c23-19-2-1-18(16-20(19)24)29-9-5-21(27-29)26-22(30)15-17-3-7-28(8-4-17)10-12-32-14-13-31-11-6-25/h1-2,16-17H,3-15,25H2,(H,26,27,30). The van der Waals surface area contributed by atoms with Crippen LogP contribution in [-0.2, 0) is 14.3 Å². The van der Waals surface area contributed by atoms with Crippen LogP contribution in [0.3, 0.4) is 0 Å². The minimum atomic E-state index is 0.0407. The average molecular weight is 486 g/mol. The summed E-state index contributed by atoms with van der Waals surface area (Å²) >= 11 is 12.1. The summed E-state index contributed by atoms with van der Waals surface area (Å²) in [6.07, 6.45) is 3.28. The predicted octanol–water partition coefficient (Wildman–Crippen LogP) is 2.73. The van der Waals surface area contributed by atoms with Crippen molar-refractivity contribution in [2.24, 2.45) is 16.8 Å². The quantitative estimate of drug-likeness (QED) is 0.468. The van der Waals surface area contributed by atoms with E-state index in [2.05, 4.69) is 15.3 Å². The van der Waals surface area contributed by atoms with Gasteiger partial charge in [0.15, 0.2) is 0 Å². The van der Waals surface area contributed by atoms with Crippen LogP contribution in [0.1, 0.15) is 25.7 Å². The summed E-state index contributed by atoms with van der Waals surface area (Å²) in [5, 5.41) is 10.3. The lowest BCUT2D eigenvalue weighted by atomic mass is 9.93. The molecule has 1 amide bonds. The van der Waals surface area contributed by atoms with Crippen LogP contribution in [0.5, 0.6) is 0 Å². The number of nitrogens with two attached hydrogens (primary N) is 1. The maximum Gasteiger partial charge on any atom is 0.225 e. The van der Waals surface area contributed by atoms with Crippen molar-refractivity contribution in [2.45, 2.75) is 25.7 Å². The number of hydrogen-bond acceptors (Lipinski definition) is 7. The SMILES string of the molecule is NCCOCCOCCN1CCC(CC(=O)NC2=NN(c3ccc(Cl)c(Cl)c3)CC2)CC1. The molecule has 1 saturated heterocycles. The minimum absolute atomic E-state index is 0.0407. The zero-order valence-electron chi connectivity index (χ0n) is 18.4. The molecule has 0 spiro atoms. The summed E-state index contributed by atoms with van der Waals surface area (Å²) < 4.78 is 10.9. The van der Waals surface area contributed by atoms with Crippen LogP contribution in [0, 0.1) is 5.92 Å². The van der Waals surface area contributed by atoms with Crippen molar-refractivity contribution in [1.29, 1.82) is 0 Å². The summed E-state index contributed by atoms with van der Waals surface area (Å²) in [6, 6.07) is 5.41. The molecular formula is C22H33Cl2N5O3. The van der Waals surface area contributed by atoms with Gasteiger partial charge in [0.25, 0.3) is 0 Å². The van der Waals surface area contributed by atoms with Crippen LogP contribution < -0.4 is 16.1 Å². The molecule has 0 aliphatic carbocycles. The number of ether oxygens (including phenoxy) is 2. The van der Waals surface area contributed by atoms with E-state index < -0.39 is 0 Å². The number of benzene rings is 1. The lowest BCUT2D eigenvalue weighted by Gasteiger charge is -2.31. The number of nitrogens with zero attached hydrogens (tertiary/aromatic N) is 3. The van der Waals surface area contributed by atoms with Crippen molar-refractivity contribution >= 4 is 40.6 Å². The molecule has 2 heterocycles. The Bertz CT molecular complexity index is 772. The van der Waals surface area contributed by atoms with Gasteiger partial charge in [-0.2, -0.15) is 5.10 Å². The van der Waals surface area contributed by atoms with Gasteiger partial charge in [-0.1, -0.05) is 23.2 Å². The molecule has 10 heteroatoms. The third-order valence-electron chi connectivity index (χ3n) is 5.65. The Labute approximate surface area is 200 Å². The Hall–Kier alpha value is -1.42. The lowest BCUT2D eigenvalue weighted by molar-refractivity contribution is -0.121. The molecule has 0 atom stereocenters. The van der Waals surface area contributed by atoms with E-state index in [-0.39, 0.29) is 5.91 Å². The number of carbonyl (C=O) groups excluding carboxylic acids is 1. The second kappa shape index (κ2) is 13.3. The fourth-order valence-electron chi connectivity index (χ4n) is 3.86. The van der Waals surface area contributed by atoms with Gasteiger partial charge in [-0.25, -0.2) is 0 Å². The van der Waals surface area contributed by atoms with Crippen LogP contribution in [-0.4, -0.2) is 75.8 Å². The molecule has 3 N–H and O–H groups in total. The van der Waals surface area contributed by atoms with E-state index in [0.717, 1.165) is 38.2 Å². The van der Waals surface area contributed by atoms with Crippen molar-refractivity contribution < 1.29 is 14.3 Å². The van der Waals surface area contributed by atoms with E-state index in [9.17, 15) is 4.79 Å². The number of piperidine rings is 1. The highest BCUT2D eigenvalue weighted by molar-refractivity contribution is 6.42. The molecule has 1 fully saturated rings. The van der Waals surface area contributed by atoms with Gasteiger partial charge >= 0.3 is 0 Å². The van der Waals surface area contributed by atoms with Crippen LogP contribution in [0.4, 0.5) is 5.69 Å². The third kappa shape index (κ3) is 8.17. The van der Waals surface area contributed by atoms with Gasteiger partial charge in [-0.15, -0.1) is 0 Å². The summed E-state index contributed by atoms with van der Waals surface area (Å²) in [6.45, 7) is 6.62. The number of likely N-dealkylation sites (tertiary alicyclic amines) is 1. The maximum atomic E-state index is 12.5. The highest BCUT2D eigenvalue weighted by Crippen LogP contribution is 2.28. The molecule has 1 aromatic carbocycles. The maximum absolute atomic E-state index is 12.5. The number of nitrogens with one attached hydrogen (secondary N) is 1.